The van der Waals surface area contributed by atoms with Gasteiger partial charge in [0.1, 0.15) is 0 Å². The molecule has 7 nitrogen and oxygen atoms in total. The number of rotatable bonds is 4. The Morgan fingerprint density at radius 2 is 1.67 bits per heavy atom. The molecule has 0 aromatic heterocycles. The van der Waals surface area contributed by atoms with Crippen molar-refractivity contribution in [3.8, 4) is 0 Å². The maximum absolute atomic E-state index is 10.9. The summed E-state index contributed by atoms with van der Waals surface area (Å²) >= 11 is 0. The fourth-order valence-electron chi connectivity index (χ4n) is 0.663. The molecule has 0 aliphatic heterocycles. The van der Waals surface area contributed by atoms with Crippen LogP contribution in [0.3, 0.4) is 0 Å². The molecule has 0 radical (unpaired) electrons. The minimum atomic E-state index is -1.71. The van der Waals surface area contributed by atoms with Crippen LogP contribution in [0.4, 0.5) is 0 Å². The molecule has 7 heteroatoms. The zero-order valence-corrected chi connectivity index (χ0v) is 8.18. The SMILES string of the molecule is CC(=O)OC(=O)C(=O)CC(O)OC(C)=O. The molecule has 1 atom stereocenters. The minimum absolute atomic E-state index is 0.744. The van der Waals surface area contributed by atoms with Crippen LogP contribution in [-0.2, 0) is 28.7 Å². The zero-order valence-electron chi connectivity index (χ0n) is 8.18. The van der Waals surface area contributed by atoms with Crippen LogP contribution in [0, 0.1) is 0 Å². The topological polar surface area (TPSA) is 107 Å². The van der Waals surface area contributed by atoms with Crippen molar-refractivity contribution >= 4 is 23.7 Å². The summed E-state index contributed by atoms with van der Waals surface area (Å²) in [6, 6.07) is 0. The highest BCUT2D eigenvalue weighted by Crippen LogP contribution is 1.98. The number of ketones is 1. The van der Waals surface area contributed by atoms with Crippen LogP contribution in [-0.4, -0.2) is 35.1 Å². The Morgan fingerprint density at radius 1 is 1.13 bits per heavy atom. The highest BCUT2D eigenvalue weighted by Gasteiger charge is 2.22. The Balaban J connectivity index is 4.07. The van der Waals surface area contributed by atoms with E-state index in [2.05, 4.69) is 9.47 Å². The number of carbonyl (C=O) groups is 4. The minimum Gasteiger partial charge on any atom is -0.436 e. The highest BCUT2D eigenvalue weighted by molar-refractivity contribution is 6.35. The van der Waals surface area contributed by atoms with Gasteiger partial charge in [-0.2, -0.15) is 0 Å². The van der Waals surface area contributed by atoms with Gasteiger partial charge in [0.25, 0.3) is 0 Å². The van der Waals surface area contributed by atoms with Gasteiger partial charge in [0.15, 0.2) is 0 Å². The molecule has 0 spiro atoms. The zero-order chi connectivity index (χ0) is 12.0. The van der Waals surface area contributed by atoms with Crippen molar-refractivity contribution in [2.24, 2.45) is 0 Å². The quantitative estimate of drug-likeness (QED) is 0.276. The number of aliphatic hydroxyl groups excluding tert-OH is 1. The lowest BCUT2D eigenvalue weighted by Gasteiger charge is -2.08. The van der Waals surface area contributed by atoms with Gasteiger partial charge in [-0.05, 0) is 0 Å². The molecule has 15 heavy (non-hydrogen) atoms. The third kappa shape index (κ3) is 6.33. The van der Waals surface area contributed by atoms with Crippen LogP contribution < -0.4 is 0 Å². The van der Waals surface area contributed by atoms with E-state index >= 15 is 0 Å². The van der Waals surface area contributed by atoms with Gasteiger partial charge < -0.3 is 14.6 Å². The fourth-order valence-corrected chi connectivity index (χ4v) is 0.663. The van der Waals surface area contributed by atoms with Crippen molar-refractivity contribution in [3.05, 3.63) is 0 Å². The maximum Gasteiger partial charge on any atom is 0.382 e. The van der Waals surface area contributed by atoms with Crippen molar-refractivity contribution in [2.75, 3.05) is 0 Å². The first-order chi connectivity index (χ1) is 6.82. The second kappa shape index (κ2) is 5.86. The molecule has 0 fully saturated rings. The largest absolute Gasteiger partial charge is 0.436 e. The van der Waals surface area contributed by atoms with Gasteiger partial charge >= 0.3 is 17.9 Å². The van der Waals surface area contributed by atoms with Gasteiger partial charge in [0.2, 0.25) is 12.1 Å². The van der Waals surface area contributed by atoms with Gasteiger partial charge in [-0.25, -0.2) is 4.79 Å². The van der Waals surface area contributed by atoms with Crippen LogP contribution in [0.15, 0.2) is 0 Å². The summed E-state index contributed by atoms with van der Waals surface area (Å²) in [5, 5.41) is 8.92. The summed E-state index contributed by atoms with van der Waals surface area (Å²) in [7, 11) is 0. The number of aliphatic hydroxyl groups is 1. The smallest absolute Gasteiger partial charge is 0.382 e. The Morgan fingerprint density at radius 3 is 2.07 bits per heavy atom. The van der Waals surface area contributed by atoms with Crippen LogP contribution in [0.1, 0.15) is 20.3 Å². The molecule has 0 aliphatic rings. The molecule has 0 saturated carbocycles. The average molecular weight is 218 g/mol. The van der Waals surface area contributed by atoms with E-state index in [0.717, 1.165) is 13.8 Å². The first kappa shape index (κ1) is 13.2. The third-order valence-corrected chi connectivity index (χ3v) is 1.13. The van der Waals surface area contributed by atoms with Gasteiger partial charge in [-0.1, -0.05) is 0 Å². The lowest BCUT2D eigenvalue weighted by Crippen LogP contribution is -2.26. The van der Waals surface area contributed by atoms with Crippen LogP contribution in [0.2, 0.25) is 0 Å². The molecule has 0 amide bonds. The molecule has 0 aliphatic carbocycles. The average Bonchev–Trinajstić information content (AvgIpc) is 2.00. The summed E-state index contributed by atoms with van der Waals surface area (Å²) in [5.41, 5.74) is 0. The summed E-state index contributed by atoms with van der Waals surface area (Å²) in [4.78, 5) is 42.2. The molecule has 0 bridgehead atoms. The predicted octanol–water partition coefficient (Wildman–Crippen LogP) is -1.08. The van der Waals surface area contributed by atoms with Crippen molar-refractivity contribution in [3.63, 3.8) is 0 Å². The van der Waals surface area contributed by atoms with Crippen molar-refractivity contribution in [1.82, 2.24) is 0 Å². The van der Waals surface area contributed by atoms with E-state index in [9.17, 15) is 19.2 Å². The van der Waals surface area contributed by atoms with Gasteiger partial charge in [0, 0.05) is 13.8 Å². The molecular weight excluding hydrogens is 208 g/mol. The van der Waals surface area contributed by atoms with E-state index < -0.39 is 36.4 Å². The molecule has 1 N–H and O–H groups in total. The Kier molecular flexibility index (Phi) is 5.18. The standard InChI is InChI=1S/C8H10O7/c1-4(9)14-7(12)3-6(11)8(13)15-5(2)10/h7,12H,3H2,1-2H3. The molecule has 0 rings (SSSR count). The van der Waals surface area contributed by atoms with E-state index in [1.807, 2.05) is 0 Å². The Labute approximate surface area is 85.0 Å². The highest BCUT2D eigenvalue weighted by atomic mass is 16.6. The lowest BCUT2D eigenvalue weighted by molar-refractivity contribution is -0.173. The number of hydrogen-bond acceptors (Lipinski definition) is 7. The van der Waals surface area contributed by atoms with Gasteiger partial charge in [-0.3, -0.25) is 14.4 Å². The van der Waals surface area contributed by atoms with E-state index in [1.54, 1.807) is 0 Å². The second-order valence-corrected chi connectivity index (χ2v) is 2.57. The summed E-state index contributed by atoms with van der Waals surface area (Å²) in [5.74, 6) is -4.28. The number of carbonyl (C=O) groups excluding carboxylic acids is 4. The van der Waals surface area contributed by atoms with E-state index in [0.29, 0.717) is 0 Å². The van der Waals surface area contributed by atoms with Gasteiger partial charge in [-0.15, -0.1) is 0 Å². The number of ether oxygens (including phenoxy) is 2. The van der Waals surface area contributed by atoms with Crippen LogP contribution in [0.25, 0.3) is 0 Å². The summed E-state index contributed by atoms with van der Waals surface area (Å²) in [6.07, 6.45) is -2.46. The second-order valence-electron chi connectivity index (χ2n) is 2.57. The van der Waals surface area contributed by atoms with Crippen molar-refractivity contribution in [2.45, 2.75) is 26.6 Å². The van der Waals surface area contributed by atoms with Crippen molar-refractivity contribution in [1.29, 1.82) is 0 Å². The number of esters is 3. The van der Waals surface area contributed by atoms with E-state index in [1.165, 1.54) is 0 Å². The third-order valence-electron chi connectivity index (χ3n) is 1.13. The first-order valence-electron chi connectivity index (χ1n) is 3.93. The Hall–Kier alpha value is -1.76. The Bertz CT molecular complexity index is 293. The normalized spacial score (nSPS) is 11.4. The molecule has 0 aromatic carbocycles. The maximum atomic E-state index is 10.9. The first-order valence-corrected chi connectivity index (χ1v) is 3.93. The molecule has 84 valence electrons. The lowest BCUT2D eigenvalue weighted by atomic mass is 10.3. The molecular formula is C8H10O7. The number of Topliss-reactive ketones (excluding diaryl/α,β-unsaturated/α-hetero) is 1. The molecule has 0 aromatic rings. The van der Waals surface area contributed by atoms with Crippen LogP contribution in [0.5, 0.6) is 0 Å². The van der Waals surface area contributed by atoms with E-state index in [-0.39, 0.29) is 0 Å². The summed E-state index contributed by atoms with van der Waals surface area (Å²) < 4.78 is 8.12. The van der Waals surface area contributed by atoms with Gasteiger partial charge in [0.05, 0.1) is 6.42 Å². The molecule has 0 saturated heterocycles. The number of hydrogen-bond donors (Lipinski definition) is 1. The predicted molar refractivity (Wildman–Crippen MR) is 44.2 cm³/mol. The molecule has 0 heterocycles. The monoisotopic (exact) mass is 218 g/mol. The van der Waals surface area contributed by atoms with E-state index in [4.69, 9.17) is 5.11 Å². The fraction of sp³-hybridized carbons (Fsp3) is 0.500. The molecule has 1 unspecified atom stereocenters. The van der Waals surface area contributed by atoms with Crippen LogP contribution >= 0.6 is 0 Å². The summed E-state index contributed by atoms with van der Waals surface area (Å²) in [6.45, 7) is 1.98. The van der Waals surface area contributed by atoms with Crippen molar-refractivity contribution < 1.29 is 33.8 Å².